The highest BCUT2D eigenvalue weighted by Gasteiger charge is 2.32. The zero-order valence-corrected chi connectivity index (χ0v) is 11.0. The minimum Gasteiger partial charge on any atom is -0.166 e. The van der Waals surface area contributed by atoms with Gasteiger partial charge < -0.3 is 0 Å². The maximum atomic E-state index is 12.6. The number of azo groups is 2. The van der Waals surface area contributed by atoms with Crippen molar-refractivity contribution in [1.82, 2.24) is 0 Å². The Hall–Kier alpha value is -2.43. The lowest BCUT2D eigenvalue weighted by Gasteiger charge is -2.08. The summed E-state index contributed by atoms with van der Waals surface area (Å²) in [5, 5.41) is 4.23. The summed E-state index contributed by atoms with van der Waals surface area (Å²) < 4.78 is 39.5. The molecule has 0 saturated carbocycles. The average Bonchev–Trinajstić information content (AvgIpc) is 2.97. The van der Waals surface area contributed by atoms with E-state index in [9.17, 15) is 13.2 Å². The fourth-order valence-electron chi connectivity index (χ4n) is 2.28. The lowest BCUT2D eigenvalue weighted by atomic mass is 10.1. The molecule has 3 rings (SSSR count). The van der Waals surface area contributed by atoms with Gasteiger partial charge in [-0.15, -0.1) is 0 Å². The molecule has 106 valence electrons. The average molecular weight is 289 g/mol. The van der Waals surface area contributed by atoms with Crippen molar-refractivity contribution in [1.29, 1.82) is 0 Å². The predicted molar refractivity (Wildman–Crippen MR) is 72.1 cm³/mol. The van der Waals surface area contributed by atoms with Crippen LogP contribution in [0.3, 0.4) is 0 Å². The van der Waals surface area contributed by atoms with Crippen LogP contribution in [-0.4, -0.2) is 4.70 Å². The zero-order valence-electron chi connectivity index (χ0n) is 11.0. The monoisotopic (exact) mass is 289 g/mol. The molecule has 2 aromatic rings. The van der Waals surface area contributed by atoms with Crippen molar-refractivity contribution >= 4 is 5.69 Å². The Morgan fingerprint density at radius 2 is 1.57 bits per heavy atom. The van der Waals surface area contributed by atoms with Gasteiger partial charge in [-0.2, -0.15) is 13.2 Å². The minimum absolute atomic E-state index is 0.0945. The smallest absolute Gasteiger partial charge is 0.166 e. The quantitative estimate of drug-likeness (QED) is 0.686. The molecule has 0 bridgehead atoms. The molecule has 2 nitrogen and oxygen atoms in total. The molecular formula is C16H12F3N2+. The molecule has 1 aliphatic heterocycles. The normalized spacial score (nSPS) is 17.9. The van der Waals surface area contributed by atoms with E-state index < -0.39 is 11.7 Å². The second-order valence-corrected chi connectivity index (χ2v) is 4.70. The van der Waals surface area contributed by atoms with Gasteiger partial charge >= 0.3 is 6.18 Å². The summed E-state index contributed by atoms with van der Waals surface area (Å²) in [5.74, 6) is 0. The highest BCUT2D eigenvalue weighted by molar-refractivity contribution is 5.35. The maximum Gasteiger partial charge on any atom is 0.416 e. The van der Waals surface area contributed by atoms with Gasteiger partial charge in [0, 0.05) is 23.8 Å². The van der Waals surface area contributed by atoms with Gasteiger partial charge in [-0.05, 0) is 17.2 Å². The van der Waals surface area contributed by atoms with Crippen molar-refractivity contribution < 1.29 is 17.9 Å². The lowest BCUT2D eigenvalue weighted by molar-refractivity contribution is -0.536. The van der Waals surface area contributed by atoms with Crippen molar-refractivity contribution in [2.24, 2.45) is 5.11 Å². The number of alkyl halides is 3. The summed E-state index contributed by atoms with van der Waals surface area (Å²) in [6, 6.07) is 14.6. The molecule has 0 N–H and O–H groups in total. The van der Waals surface area contributed by atoms with Crippen LogP contribution in [0.2, 0.25) is 0 Å². The summed E-state index contributed by atoms with van der Waals surface area (Å²) >= 11 is 0. The van der Waals surface area contributed by atoms with Crippen LogP contribution in [0.15, 0.2) is 72.0 Å². The third kappa shape index (κ3) is 2.72. The summed E-state index contributed by atoms with van der Waals surface area (Å²) in [4.78, 5) is 0. The van der Waals surface area contributed by atoms with Gasteiger partial charge in [0.05, 0.1) is 11.8 Å². The first-order chi connectivity index (χ1) is 10.1. The van der Waals surface area contributed by atoms with Crippen LogP contribution >= 0.6 is 0 Å². The van der Waals surface area contributed by atoms with E-state index in [-0.39, 0.29) is 6.04 Å². The van der Waals surface area contributed by atoms with Gasteiger partial charge in [0.2, 0.25) is 11.7 Å². The predicted octanol–water partition coefficient (Wildman–Crippen LogP) is 5.07. The van der Waals surface area contributed by atoms with Crippen molar-refractivity contribution in [3.8, 4) is 0 Å². The molecule has 21 heavy (non-hydrogen) atoms. The second kappa shape index (κ2) is 5.16. The van der Waals surface area contributed by atoms with Gasteiger partial charge in [0.25, 0.3) is 0 Å². The third-order valence-corrected chi connectivity index (χ3v) is 3.32. The van der Waals surface area contributed by atoms with Gasteiger partial charge in [-0.1, -0.05) is 35.0 Å². The van der Waals surface area contributed by atoms with E-state index in [1.165, 1.54) is 12.1 Å². The topological polar surface area (TPSA) is 15.4 Å². The van der Waals surface area contributed by atoms with Gasteiger partial charge in [-0.3, -0.25) is 0 Å². The van der Waals surface area contributed by atoms with Crippen LogP contribution in [0, 0.1) is 0 Å². The second-order valence-electron chi connectivity index (χ2n) is 4.70. The highest BCUT2D eigenvalue weighted by atomic mass is 19.4. The van der Waals surface area contributed by atoms with Crippen LogP contribution in [0.5, 0.6) is 0 Å². The summed E-state index contributed by atoms with van der Waals surface area (Å²) in [7, 11) is 0. The molecule has 0 radical (unpaired) electrons. The van der Waals surface area contributed by atoms with Crippen LogP contribution in [0.1, 0.15) is 17.2 Å². The summed E-state index contributed by atoms with van der Waals surface area (Å²) in [6.45, 7) is 0. The van der Waals surface area contributed by atoms with E-state index in [1.54, 1.807) is 10.9 Å². The number of hydrogen-bond donors (Lipinski definition) is 0. The Labute approximate surface area is 119 Å². The maximum absolute atomic E-state index is 12.6. The molecule has 1 unspecified atom stereocenters. The number of benzene rings is 2. The Morgan fingerprint density at radius 3 is 2.19 bits per heavy atom. The van der Waals surface area contributed by atoms with E-state index >= 15 is 0 Å². The number of halogens is 3. The molecule has 1 heterocycles. The Kier molecular flexibility index (Phi) is 3.33. The minimum atomic E-state index is -4.32. The standard InChI is InChI=1S/C16H12F3N2/c17-16(18,19)13-6-8-14(9-7-13)21-15(10-11-20-21)12-4-2-1-3-5-12/h1-11,15H/q+1. The fraction of sp³-hybridized carbons (Fsp3) is 0.125. The van der Waals surface area contributed by atoms with Crippen molar-refractivity contribution in [3.63, 3.8) is 0 Å². The van der Waals surface area contributed by atoms with Gasteiger partial charge in [0.15, 0.2) is 0 Å². The first-order valence-electron chi connectivity index (χ1n) is 6.44. The van der Waals surface area contributed by atoms with Crippen molar-refractivity contribution in [3.05, 3.63) is 78.0 Å². The Balaban J connectivity index is 1.90. The molecule has 0 aromatic heterocycles. The fourth-order valence-corrected chi connectivity index (χ4v) is 2.28. The van der Waals surface area contributed by atoms with Crippen LogP contribution in [0.4, 0.5) is 18.9 Å². The zero-order chi connectivity index (χ0) is 14.9. The molecule has 0 spiro atoms. The van der Waals surface area contributed by atoms with E-state index in [0.717, 1.165) is 17.7 Å². The molecule has 0 fully saturated rings. The van der Waals surface area contributed by atoms with E-state index in [0.29, 0.717) is 5.69 Å². The van der Waals surface area contributed by atoms with E-state index in [4.69, 9.17) is 0 Å². The first kappa shape index (κ1) is 13.5. The molecule has 2 aromatic carbocycles. The van der Waals surface area contributed by atoms with E-state index in [2.05, 4.69) is 5.11 Å². The first-order valence-corrected chi connectivity index (χ1v) is 6.44. The number of rotatable bonds is 2. The third-order valence-electron chi connectivity index (χ3n) is 3.32. The Morgan fingerprint density at radius 1 is 0.905 bits per heavy atom. The lowest BCUT2D eigenvalue weighted by Crippen LogP contribution is -2.08. The number of hydrogen-bond acceptors (Lipinski definition) is 1. The van der Waals surface area contributed by atoms with E-state index in [1.807, 2.05) is 36.4 Å². The van der Waals surface area contributed by atoms with Crippen LogP contribution < -0.4 is 0 Å². The van der Waals surface area contributed by atoms with Crippen LogP contribution in [-0.2, 0) is 6.18 Å². The molecule has 1 atom stereocenters. The molecule has 0 amide bonds. The largest absolute Gasteiger partial charge is 0.416 e. The summed E-state index contributed by atoms with van der Waals surface area (Å²) in [6.07, 6.45) is -0.750. The molecular weight excluding hydrogens is 277 g/mol. The molecule has 0 aliphatic carbocycles. The molecule has 5 heteroatoms. The SMILES string of the molecule is FC(F)(F)c1ccc([N+]2=NC=CC2c2ccccc2)cc1. The number of nitrogens with zero attached hydrogens (tertiary/aromatic N) is 2. The molecule has 1 aliphatic rings. The van der Waals surface area contributed by atoms with Crippen molar-refractivity contribution in [2.75, 3.05) is 0 Å². The Bertz CT molecular complexity index is 686. The molecule has 0 saturated heterocycles. The van der Waals surface area contributed by atoms with Crippen LogP contribution in [0.25, 0.3) is 0 Å². The highest BCUT2D eigenvalue weighted by Crippen LogP contribution is 2.33. The van der Waals surface area contributed by atoms with Gasteiger partial charge in [0.1, 0.15) is 0 Å². The summed E-state index contributed by atoms with van der Waals surface area (Å²) in [5.41, 5.74) is 1.01. The van der Waals surface area contributed by atoms with Crippen molar-refractivity contribution in [2.45, 2.75) is 12.2 Å². The van der Waals surface area contributed by atoms with Gasteiger partial charge in [-0.25, -0.2) is 0 Å².